The molecule has 0 aliphatic rings. The topological polar surface area (TPSA) is 64.6 Å². The molecule has 0 aliphatic heterocycles. The second-order valence-corrected chi connectivity index (χ2v) is 4.45. The minimum atomic E-state index is -0.921. The average molecular weight is 306 g/mol. The Bertz CT molecular complexity index is 459. The van der Waals surface area contributed by atoms with Crippen LogP contribution in [0.1, 0.15) is 6.92 Å². The first kappa shape index (κ1) is 15.6. The lowest BCUT2D eigenvalue weighted by molar-refractivity contribution is -0.145. The average Bonchev–Trinajstić information content (AvgIpc) is 2.35. The molecule has 0 aliphatic carbocycles. The minimum absolute atomic E-state index is 0.129. The number of esters is 1. The van der Waals surface area contributed by atoms with Crippen LogP contribution in [-0.4, -0.2) is 31.6 Å². The van der Waals surface area contributed by atoms with Gasteiger partial charge in [-0.2, -0.15) is 0 Å². The first-order valence-electron chi connectivity index (χ1n) is 5.37. The largest absolute Gasteiger partial charge is 0.488 e. The molecule has 1 unspecified atom stereocenters. The number of ether oxygens (including phenoxy) is 2. The number of carbonyl (C=O) groups is 2. The zero-order chi connectivity index (χ0) is 14.4. The van der Waals surface area contributed by atoms with Crippen molar-refractivity contribution in [3.63, 3.8) is 0 Å². The molecule has 1 aromatic carbocycles. The number of hydrogen-bond donors (Lipinski definition) is 1. The summed E-state index contributed by atoms with van der Waals surface area (Å²) in [5.41, 5.74) is 0. The number of para-hydroxylation sites is 1. The molecule has 104 valence electrons. The molecule has 5 nitrogen and oxygen atoms in total. The van der Waals surface area contributed by atoms with E-state index in [1.165, 1.54) is 14.0 Å². The van der Waals surface area contributed by atoms with E-state index in [1.54, 1.807) is 18.2 Å². The van der Waals surface area contributed by atoms with E-state index in [9.17, 15) is 9.59 Å². The van der Waals surface area contributed by atoms with Crippen molar-refractivity contribution in [1.82, 2.24) is 5.32 Å². The van der Waals surface area contributed by atoms with Crippen molar-refractivity contribution in [3.05, 3.63) is 28.2 Å². The van der Waals surface area contributed by atoms with Crippen LogP contribution in [-0.2, 0) is 14.3 Å². The Morgan fingerprint density at radius 1 is 1.32 bits per heavy atom. The van der Waals surface area contributed by atoms with Crippen LogP contribution in [0.15, 0.2) is 18.2 Å². The fourth-order valence-electron chi connectivity index (χ4n) is 1.34. The molecule has 0 radical (unpaired) electrons. The normalized spacial score (nSPS) is 11.6. The first-order valence-corrected chi connectivity index (χ1v) is 6.13. The van der Waals surface area contributed by atoms with Gasteiger partial charge in [-0.1, -0.05) is 29.3 Å². The van der Waals surface area contributed by atoms with E-state index in [0.717, 1.165) is 0 Å². The standard InChI is InChI=1S/C12H13Cl2NO4/c1-7(16)15-10(12(17)18-2)6-19-11-8(13)4-3-5-9(11)14/h3-5,10H,6H2,1-2H3,(H,15,16). The maximum absolute atomic E-state index is 11.5. The Kier molecular flexibility index (Phi) is 5.92. The molecule has 1 atom stereocenters. The lowest BCUT2D eigenvalue weighted by Gasteiger charge is -2.17. The number of carbonyl (C=O) groups excluding carboxylic acids is 2. The third-order valence-corrected chi connectivity index (χ3v) is 2.77. The van der Waals surface area contributed by atoms with E-state index in [-0.39, 0.29) is 18.3 Å². The van der Waals surface area contributed by atoms with E-state index in [4.69, 9.17) is 27.9 Å². The SMILES string of the molecule is COC(=O)C(COc1c(Cl)cccc1Cl)NC(C)=O. The maximum Gasteiger partial charge on any atom is 0.331 e. The van der Waals surface area contributed by atoms with Crippen LogP contribution in [0.3, 0.4) is 0 Å². The number of nitrogens with one attached hydrogen (secondary N) is 1. The predicted octanol–water partition coefficient (Wildman–Crippen LogP) is 2.05. The van der Waals surface area contributed by atoms with Crippen LogP contribution in [0.5, 0.6) is 5.75 Å². The zero-order valence-corrected chi connectivity index (χ0v) is 11.9. The van der Waals surface area contributed by atoms with E-state index in [2.05, 4.69) is 10.1 Å². The maximum atomic E-state index is 11.5. The van der Waals surface area contributed by atoms with Crippen molar-refractivity contribution >= 4 is 35.1 Å². The van der Waals surface area contributed by atoms with Gasteiger partial charge in [0.15, 0.2) is 11.8 Å². The summed E-state index contributed by atoms with van der Waals surface area (Å²) in [5.74, 6) is -0.729. The highest BCUT2D eigenvalue weighted by Gasteiger charge is 2.22. The Labute approximate surface area is 120 Å². The lowest BCUT2D eigenvalue weighted by Crippen LogP contribution is -2.44. The van der Waals surface area contributed by atoms with Gasteiger partial charge in [0.25, 0.3) is 0 Å². The summed E-state index contributed by atoms with van der Waals surface area (Å²) >= 11 is 11.8. The quantitative estimate of drug-likeness (QED) is 0.846. The molecule has 0 saturated heterocycles. The molecular formula is C12H13Cl2NO4. The number of rotatable bonds is 5. The second-order valence-electron chi connectivity index (χ2n) is 3.64. The Morgan fingerprint density at radius 3 is 2.37 bits per heavy atom. The van der Waals surface area contributed by atoms with Crippen LogP contribution in [0.4, 0.5) is 0 Å². The van der Waals surface area contributed by atoms with Crippen molar-refractivity contribution in [1.29, 1.82) is 0 Å². The number of benzene rings is 1. The highest BCUT2D eigenvalue weighted by molar-refractivity contribution is 6.37. The number of amides is 1. The van der Waals surface area contributed by atoms with Crippen LogP contribution < -0.4 is 10.1 Å². The van der Waals surface area contributed by atoms with Gasteiger partial charge in [-0.3, -0.25) is 4.79 Å². The zero-order valence-electron chi connectivity index (χ0n) is 10.4. The molecule has 0 bridgehead atoms. The predicted molar refractivity (Wildman–Crippen MR) is 71.6 cm³/mol. The van der Waals surface area contributed by atoms with Crippen LogP contribution in [0, 0.1) is 0 Å². The lowest BCUT2D eigenvalue weighted by atomic mass is 10.3. The van der Waals surface area contributed by atoms with Crippen molar-refractivity contribution in [2.75, 3.05) is 13.7 Å². The van der Waals surface area contributed by atoms with Crippen molar-refractivity contribution < 1.29 is 19.1 Å². The van der Waals surface area contributed by atoms with E-state index in [0.29, 0.717) is 10.0 Å². The molecule has 7 heteroatoms. The summed E-state index contributed by atoms with van der Waals surface area (Å²) in [4.78, 5) is 22.4. The molecule has 0 fully saturated rings. The molecule has 1 amide bonds. The van der Waals surface area contributed by atoms with Crippen molar-refractivity contribution in [2.45, 2.75) is 13.0 Å². The van der Waals surface area contributed by atoms with Crippen molar-refractivity contribution in [2.24, 2.45) is 0 Å². The fraction of sp³-hybridized carbons (Fsp3) is 0.333. The van der Waals surface area contributed by atoms with Gasteiger partial charge in [-0.15, -0.1) is 0 Å². The Hall–Kier alpha value is -1.46. The molecule has 0 heterocycles. The highest BCUT2D eigenvalue weighted by Crippen LogP contribution is 2.32. The number of halogens is 2. The third kappa shape index (κ3) is 4.61. The summed E-state index contributed by atoms with van der Waals surface area (Å²) in [6.45, 7) is 1.16. The summed E-state index contributed by atoms with van der Waals surface area (Å²) in [6, 6.07) is 3.96. The van der Waals surface area contributed by atoms with Gasteiger partial charge in [-0.05, 0) is 12.1 Å². The van der Waals surface area contributed by atoms with Crippen LogP contribution >= 0.6 is 23.2 Å². The Morgan fingerprint density at radius 2 is 1.89 bits per heavy atom. The molecule has 0 aromatic heterocycles. The van der Waals surface area contributed by atoms with Crippen LogP contribution in [0.25, 0.3) is 0 Å². The molecule has 0 spiro atoms. The molecular weight excluding hydrogens is 293 g/mol. The van der Waals surface area contributed by atoms with Gasteiger partial charge in [0.1, 0.15) is 6.61 Å². The van der Waals surface area contributed by atoms with Gasteiger partial charge in [0, 0.05) is 6.92 Å². The van der Waals surface area contributed by atoms with Gasteiger partial charge in [-0.25, -0.2) is 4.79 Å². The van der Waals surface area contributed by atoms with E-state index >= 15 is 0 Å². The van der Waals surface area contributed by atoms with Crippen LogP contribution in [0.2, 0.25) is 10.0 Å². The molecule has 1 aromatic rings. The fourth-order valence-corrected chi connectivity index (χ4v) is 1.85. The monoisotopic (exact) mass is 305 g/mol. The van der Waals surface area contributed by atoms with Gasteiger partial charge in [0.2, 0.25) is 5.91 Å². The molecule has 1 N–H and O–H groups in total. The van der Waals surface area contributed by atoms with Gasteiger partial charge in [0.05, 0.1) is 17.2 Å². The smallest absolute Gasteiger partial charge is 0.331 e. The molecule has 19 heavy (non-hydrogen) atoms. The highest BCUT2D eigenvalue weighted by atomic mass is 35.5. The first-order chi connectivity index (χ1) is 8.95. The molecule has 1 rings (SSSR count). The summed E-state index contributed by atoms with van der Waals surface area (Å²) in [7, 11) is 1.22. The summed E-state index contributed by atoms with van der Waals surface area (Å²) in [5, 5.41) is 3.05. The van der Waals surface area contributed by atoms with E-state index in [1.807, 2.05) is 0 Å². The third-order valence-electron chi connectivity index (χ3n) is 2.18. The summed E-state index contributed by atoms with van der Waals surface area (Å²) < 4.78 is 9.94. The number of hydrogen-bond acceptors (Lipinski definition) is 4. The van der Waals surface area contributed by atoms with E-state index < -0.39 is 12.0 Å². The molecule has 0 saturated carbocycles. The second kappa shape index (κ2) is 7.21. The Balaban J connectivity index is 2.76. The minimum Gasteiger partial charge on any atom is -0.488 e. The summed E-state index contributed by atoms with van der Waals surface area (Å²) in [6.07, 6.45) is 0. The van der Waals surface area contributed by atoms with Gasteiger partial charge < -0.3 is 14.8 Å². The number of methoxy groups -OCH3 is 1. The van der Waals surface area contributed by atoms with Gasteiger partial charge >= 0.3 is 5.97 Å². The van der Waals surface area contributed by atoms with Crippen molar-refractivity contribution in [3.8, 4) is 5.75 Å².